The Balaban J connectivity index is 2.04. The first-order valence-corrected chi connectivity index (χ1v) is 11.9. The normalized spacial score (nSPS) is 11.9. The van der Waals surface area contributed by atoms with Gasteiger partial charge in [0.1, 0.15) is 8.07 Å². The van der Waals surface area contributed by atoms with E-state index in [1.165, 1.54) is 5.56 Å². The molecule has 0 unspecified atom stereocenters. The Labute approximate surface area is 160 Å². The second-order valence-corrected chi connectivity index (χ2v) is 11.3. The lowest BCUT2D eigenvalue weighted by Gasteiger charge is -2.29. The van der Waals surface area contributed by atoms with Crippen molar-refractivity contribution in [3.05, 3.63) is 112 Å². The zero-order valence-electron chi connectivity index (χ0n) is 15.4. The lowest BCUT2D eigenvalue weighted by atomic mass is 10.0. The molecule has 0 amide bonds. The zero-order valence-corrected chi connectivity index (χ0v) is 16.4. The summed E-state index contributed by atoms with van der Waals surface area (Å²) in [5.41, 5.74) is 7.09. The minimum atomic E-state index is -2.07. The largest absolute Gasteiger partial charge is 0.269 e. The van der Waals surface area contributed by atoms with Gasteiger partial charge >= 0.3 is 0 Å². The summed E-state index contributed by atoms with van der Waals surface area (Å²) >= 11 is 0. The average molecular weight is 372 g/mol. The van der Waals surface area contributed by atoms with Gasteiger partial charge in [0.2, 0.25) is 0 Å². The molecule has 0 radical (unpaired) electrons. The van der Waals surface area contributed by atoms with Crippen molar-refractivity contribution in [1.29, 1.82) is 0 Å². The first-order chi connectivity index (χ1) is 13.0. The number of hydrogen-bond acceptors (Lipinski definition) is 2. The Hall–Kier alpha value is -3.16. The molecule has 0 saturated carbocycles. The van der Waals surface area contributed by atoms with Crippen molar-refractivity contribution in [2.45, 2.75) is 18.6 Å². The SMILES string of the molecule is C[Si](C)(C#Cc1ccccc1)[C@@H](c1ccccc1)c1ccc([N+](=O)[O-])cc1. The number of rotatable bonds is 4. The Kier molecular flexibility index (Phi) is 5.54. The zero-order chi connectivity index (χ0) is 19.3. The number of nitro groups is 1. The lowest BCUT2D eigenvalue weighted by molar-refractivity contribution is -0.384. The Morgan fingerprint density at radius 1 is 0.815 bits per heavy atom. The van der Waals surface area contributed by atoms with Gasteiger partial charge in [-0.05, 0) is 23.3 Å². The van der Waals surface area contributed by atoms with Crippen LogP contribution in [0, 0.1) is 21.6 Å². The molecule has 0 fully saturated rings. The fraction of sp³-hybridized carbons (Fsp3) is 0.130. The van der Waals surface area contributed by atoms with E-state index in [-0.39, 0.29) is 16.2 Å². The van der Waals surface area contributed by atoms with E-state index in [0.29, 0.717) is 0 Å². The highest BCUT2D eigenvalue weighted by Crippen LogP contribution is 2.34. The molecule has 0 spiro atoms. The van der Waals surface area contributed by atoms with Crippen LogP contribution in [0.25, 0.3) is 0 Å². The number of nitrogens with zero attached hydrogens (tertiary/aromatic N) is 1. The minimum absolute atomic E-state index is 0.111. The van der Waals surface area contributed by atoms with Crippen LogP contribution in [0.5, 0.6) is 0 Å². The van der Waals surface area contributed by atoms with Crippen LogP contribution < -0.4 is 0 Å². The number of non-ortho nitro benzene ring substituents is 1. The molecule has 0 N–H and O–H groups in total. The maximum atomic E-state index is 11.0. The predicted molar refractivity (Wildman–Crippen MR) is 112 cm³/mol. The summed E-state index contributed by atoms with van der Waals surface area (Å²) in [6.45, 7) is 4.50. The van der Waals surface area contributed by atoms with Gasteiger partial charge in [-0.2, -0.15) is 0 Å². The van der Waals surface area contributed by atoms with Gasteiger partial charge in [0.25, 0.3) is 5.69 Å². The molecule has 27 heavy (non-hydrogen) atoms. The van der Waals surface area contributed by atoms with Gasteiger partial charge in [-0.1, -0.05) is 79.7 Å². The van der Waals surface area contributed by atoms with Gasteiger partial charge < -0.3 is 0 Å². The first-order valence-electron chi connectivity index (χ1n) is 8.85. The molecule has 1 atom stereocenters. The predicted octanol–water partition coefficient (Wildman–Crippen LogP) is 5.57. The van der Waals surface area contributed by atoms with Crippen molar-refractivity contribution in [2.24, 2.45) is 0 Å². The molecule has 3 rings (SSSR count). The summed E-state index contributed by atoms with van der Waals surface area (Å²) in [7, 11) is -2.07. The average Bonchev–Trinajstić information content (AvgIpc) is 2.68. The Morgan fingerprint density at radius 2 is 1.33 bits per heavy atom. The molecule has 0 heterocycles. The molecule has 3 aromatic carbocycles. The summed E-state index contributed by atoms with van der Waals surface area (Å²) < 4.78 is 0. The van der Waals surface area contributed by atoms with Crippen LogP contribution in [0.3, 0.4) is 0 Å². The van der Waals surface area contributed by atoms with Crippen molar-refractivity contribution >= 4 is 13.8 Å². The molecule has 3 nitrogen and oxygen atoms in total. The second kappa shape index (κ2) is 8.03. The van der Waals surface area contributed by atoms with Gasteiger partial charge in [-0.3, -0.25) is 10.1 Å². The molecule has 134 valence electrons. The lowest BCUT2D eigenvalue weighted by Crippen LogP contribution is -2.34. The van der Waals surface area contributed by atoms with E-state index in [9.17, 15) is 10.1 Å². The summed E-state index contributed by atoms with van der Waals surface area (Å²) in [4.78, 5) is 10.6. The summed E-state index contributed by atoms with van der Waals surface area (Å²) in [5.74, 6) is 3.34. The number of benzene rings is 3. The molecule has 0 bridgehead atoms. The van der Waals surface area contributed by atoms with Crippen LogP contribution in [0.2, 0.25) is 13.1 Å². The Bertz CT molecular complexity index is 972. The number of nitro benzene ring substituents is 1. The third kappa shape index (κ3) is 4.52. The molecule has 4 heteroatoms. The van der Waals surface area contributed by atoms with Crippen LogP contribution in [0.4, 0.5) is 5.69 Å². The van der Waals surface area contributed by atoms with Crippen molar-refractivity contribution < 1.29 is 4.92 Å². The smallest absolute Gasteiger partial charge is 0.258 e. The quantitative estimate of drug-likeness (QED) is 0.261. The van der Waals surface area contributed by atoms with Crippen LogP contribution in [0.1, 0.15) is 22.2 Å². The minimum Gasteiger partial charge on any atom is -0.258 e. The summed E-state index contributed by atoms with van der Waals surface area (Å²) in [6.07, 6.45) is 0. The summed E-state index contributed by atoms with van der Waals surface area (Å²) in [6, 6.07) is 27.2. The molecule has 0 aliphatic rings. The Morgan fingerprint density at radius 3 is 1.89 bits per heavy atom. The second-order valence-electron chi connectivity index (χ2n) is 7.03. The molecular formula is C23H21NO2Si. The standard InChI is InChI=1S/C23H21NO2Si/c1-27(2,18-17-19-9-5-3-6-10-19)23(20-11-7-4-8-12-20)21-13-15-22(16-14-21)24(25)26/h3-16,23H,1-2H3/t23-/m0/s1. The van der Waals surface area contributed by atoms with Crippen molar-refractivity contribution in [3.8, 4) is 11.5 Å². The van der Waals surface area contributed by atoms with E-state index in [0.717, 1.165) is 11.1 Å². The monoisotopic (exact) mass is 371 g/mol. The van der Waals surface area contributed by atoms with Gasteiger partial charge in [0, 0.05) is 23.2 Å². The molecule has 0 aliphatic carbocycles. The molecule has 0 aromatic heterocycles. The summed E-state index contributed by atoms with van der Waals surface area (Å²) in [5, 5.41) is 11.0. The topological polar surface area (TPSA) is 43.1 Å². The van der Waals surface area contributed by atoms with Crippen molar-refractivity contribution in [2.75, 3.05) is 0 Å². The number of hydrogen-bond donors (Lipinski definition) is 0. The molecule has 0 saturated heterocycles. The third-order valence-electron chi connectivity index (χ3n) is 4.59. The van der Waals surface area contributed by atoms with E-state index in [1.54, 1.807) is 12.1 Å². The highest BCUT2D eigenvalue weighted by atomic mass is 28.3. The van der Waals surface area contributed by atoms with E-state index in [4.69, 9.17) is 0 Å². The van der Waals surface area contributed by atoms with E-state index >= 15 is 0 Å². The van der Waals surface area contributed by atoms with E-state index < -0.39 is 8.07 Å². The van der Waals surface area contributed by atoms with Crippen LogP contribution in [0.15, 0.2) is 84.9 Å². The van der Waals surface area contributed by atoms with Gasteiger partial charge in [0.05, 0.1) is 4.92 Å². The van der Waals surface area contributed by atoms with Gasteiger partial charge in [-0.15, -0.1) is 5.54 Å². The van der Waals surface area contributed by atoms with Gasteiger partial charge in [0.15, 0.2) is 0 Å². The highest BCUT2D eigenvalue weighted by Gasteiger charge is 2.33. The van der Waals surface area contributed by atoms with Crippen LogP contribution >= 0.6 is 0 Å². The first kappa shape index (κ1) is 18.6. The van der Waals surface area contributed by atoms with Crippen molar-refractivity contribution in [1.82, 2.24) is 0 Å². The van der Waals surface area contributed by atoms with Crippen LogP contribution in [-0.2, 0) is 0 Å². The van der Waals surface area contributed by atoms with Crippen molar-refractivity contribution in [3.63, 3.8) is 0 Å². The maximum Gasteiger partial charge on any atom is 0.269 e. The fourth-order valence-corrected chi connectivity index (χ4v) is 5.95. The van der Waals surface area contributed by atoms with E-state index in [1.807, 2.05) is 60.7 Å². The molecule has 0 aliphatic heterocycles. The van der Waals surface area contributed by atoms with Crippen LogP contribution in [-0.4, -0.2) is 13.0 Å². The molecular weight excluding hydrogens is 350 g/mol. The van der Waals surface area contributed by atoms with Gasteiger partial charge in [-0.25, -0.2) is 0 Å². The third-order valence-corrected chi connectivity index (χ3v) is 7.47. The van der Waals surface area contributed by atoms with E-state index in [2.05, 4.69) is 36.7 Å². The highest BCUT2D eigenvalue weighted by molar-refractivity contribution is 6.86. The fourth-order valence-electron chi connectivity index (χ4n) is 3.29. The molecule has 3 aromatic rings. The maximum absolute atomic E-state index is 11.0.